The van der Waals surface area contributed by atoms with Crippen LogP contribution in [0, 0.1) is 5.92 Å². The van der Waals surface area contributed by atoms with E-state index in [1.54, 1.807) is 0 Å². The van der Waals surface area contributed by atoms with Gasteiger partial charge in [-0.15, -0.1) is 0 Å². The van der Waals surface area contributed by atoms with Crippen LogP contribution in [0.5, 0.6) is 0 Å². The maximum atomic E-state index is 5.86. The largest absolute Gasteiger partial charge is 0.370 e. The van der Waals surface area contributed by atoms with Crippen LogP contribution in [0.25, 0.3) is 0 Å². The zero-order valence-corrected chi connectivity index (χ0v) is 12.4. The quantitative estimate of drug-likeness (QED) is 0.589. The van der Waals surface area contributed by atoms with Gasteiger partial charge in [0.2, 0.25) is 0 Å². The minimum Gasteiger partial charge on any atom is -0.370 e. The number of benzene rings is 1. The maximum Gasteiger partial charge on any atom is 0.188 e. The third-order valence-corrected chi connectivity index (χ3v) is 3.84. The van der Waals surface area contributed by atoms with E-state index in [1.165, 1.54) is 24.8 Å². The Bertz CT molecular complexity index is 412. The lowest BCUT2D eigenvalue weighted by Crippen LogP contribution is -2.37. The van der Waals surface area contributed by atoms with Crippen LogP contribution in [0.2, 0.25) is 0 Å². The van der Waals surface area contributed by atoms with Crippen molar-refractivity contribution in [3.05, 3.63) is 35.9 Å². The Hall–Kier alpha value is -1.55. The highest BCUT2D eigenvalue weighted by atomic mass is 15.1. The number of likely N-dealkylation sites (N-methyl/N-ethyl adjacent to an activating group) is 1. The van der Waals surface area contributed by atoms with Gasteiger partial charge in [0.05, 0.1) is 0 Å². The zero-order chi connectivity index (χ0) is 14.2. The summed E-state index contributed by atoms with van der Waals surface area (Å²) in [5.41, 5.74) is 7.19. The highest BCUT2D eigenvalue weighted by Gasteiger charge is 2.16. The number of aliphatic imine (C=N–C) groups is 1. The van der Waals surface area contributed by atoms with Crippen LogP contribution < -0.4 is 11.1 Å². The molecule has 1 aromatic rings. The molecular formula is C16H26N4. The molecule has 3 N–H and O–H groups in total. The molecular weight excluding hydrogens is 248 g/mol. The molecule has 4 heteroatoms. The van der Waals surface area contributed by atoms with Crippen molar-refractivity contribution in [1.82, 2.24) is 10.2 Å². The van der Waals surface area contributed by atoms with Gasteiger partial charge in [0.25, 0.3) is 0 Å². The highest BCUT2D eigenvalue weighted by molar-refractivity contribution is 5.77. The standard InChI is InChI=1S/C16H26N4/c1-20(13-15-6-3-2-4-7-15)11-10-18-16(17)19-12-14-8-5-9-14/h2-4,6-7,14H,5,8-13H2,1H3,(H3,17,18,19). The SMILES string of the molecule is CN(CCNC(N)=NCC1CCC1)Cc1ccccc1. The molecule has 0 aromatic heterocycles. The Morgan fingerprint density at radius 2 is 2.10 bits per heavy atom. The zero-order valence-electron chi connectivity index (χ0n) is 12.4. The number of guanidine groups is 1. The molecule has 1 aliphatic rings. The number of nitrogens with two attached hydrogens (primary N) is 1. The van der Waals surface area contributed by atoms with Crippen LogP contribution in [0.1, 0.15) is 24.8 Å². The molecule has 20 heavy (non-hydrogen) atoms. The van der Waals surface area contributed by atoms with E-state index in [0.29, 0.717) is 5.96 Å². The summed E-state index contributed by atoms with van der Waals surface area (Å²) in [5.74, 6) is 1.36. The molecule has 1 fully saturated rings. The van der Waals surface area contributed by atoms with E-state index in [0.717, 1.165) is 32.1 Å². The Morgan fingerprint density at radius 1 is 1.35 bits per heavy atom. The summed E-state index contributed by atoms with van der Waals surface area (Å²) in [4.78, 5) is 6.67. The Labute approximate surface area is 122 Å². The lowest BCUT2D eigenvalue weighted by Gasteiger charge is -2.23. The maximum absolute atomic E-state index is 5.86. The molecule has 0 atom stereocenters. The molecule has 4 nitrogen and oxygen atoms in total. The van der Waals surface area contributed by atoms with Gasteiger partial charge >= 0.3 is 0 Å². The van der Waals surface area contributed by atoms with Crippen LogP contribution in [0.15, 0.2) is 35.3 Å². The second kappa shape index (κ2) is 7.90. The first-order valence-corrected chi connectivity index (χ1v) is 7.50. The minimum atomic E-state index is 0.588. The van der Waals surface area contributed by atoms with E-state index in [9.17, 15) is 0 Å². The average molecular weight is 274 g/mol. The van der Waals surface area contributed by atoms with Crippen LogP contribution in [0.4, 0.5) is 0 Å². The topological polar surface area (TPSA) is 53.6 Å². The van der Waals surface area contributed by atoms with Gasteiger partial charge < -0.3 is 16.0 Å². The van der Waals surface area contributed by atoms with Crippen molar-refractivity contribution in [1.29, 1.82) is 0 Å². The smallest absolute Gasteiger partial charge is 0.188 e. The lowest BCUT2D eigenvalue weighted by molar-refractivity contribution is 0.324. The van der Waals surface area contributed by atoms with Crippen LogP contribution >= 0.6 is 0 Å². The Balaban J connectivity index is 1.59. The van der Waals surface area contributed by atoms with Crippen LogP contribution in [0.3, 0.4) is 0 Å². The van der Waals surface area contributed by atoms with Gasteiger partial charge in [0.1, 0.15) is 0 Å². The molecule has 110 valence electrons. The molecule has 0 heterocycles. The van der Waals surface area contributed by atoms with E-state index < -0.39 is 0 Å². The fraction of sp³-hybridized carbons (Fsp3) is 0.562. The molecule has 1 aliphatic carbocycles. The minimum absolute atomic E-state index is 0.588. The van der Waals surface area contributed by atoms with Gasteiger partial charge in [0.15, 0.2) is 5.96 Å². The third kappa shape index (κ3) is 5.21. The normalized spacial score (nSPS) is 16.2. The number of hydrogen-bond acceptors (Lipinski definition) is 2. The molecule has 0 aliphatic heterocycles. The monoisotopic (exact) mass is 274 g/mol. The first kappa shape index (κ1) is 14.9. The second-order valence-electron chi connectivity index (χ2n) is 5.67. The van der Waals surface area contributed by atoms with Crippen molar-refractivity contribution < 1.29 is 0 Å². The summed E-state index contributed by atoms with van der Waals surface area (Å²) in [6.45, 7) is 3.64. The van der Waals surface area contributed by atoms with Crippen molar-refractivity contribution in [2.24, 2.45) is 16.6 Å². The predicted octanol–water partition coefficient (Wildman–Crippen LogP) is 1.82. The number of nitrogens with one attached hydrogen (secondary N) is 1. The van der Waals surface area contributed by atoms with E-state index in [4.69, 9.17) is 5.73 Å². The molecule has 0 saturated heterocycles. The summed E-state index contributed by atoms with van der Waals surface area (Å²) in [5, 5.41) is 3.19. The number of hydrogen-bond donors (Lipinski definition) is 2. The summed E-state index contributed by atoms with van der Waals surface area (Å²) < 4.78 is 0. The van der Waals surface area contributed by atoms with Gasteiger partial charge in [0, 0.05) is 26.2 Å². The Kier molecular flexibility index (Phi) is 5.87. The third-order valence-electron chi connectivity index (χ3n) is 3.84. The van der Waals surface area contributed by atoms with E-state index in [1.807, 2.05) is 6.07 Å². The van der Waals surface area contributed by atoms with Crippen molar-refractivity contribution >= 4 is 5.96 Å². The van der Waals surface area contributed by atoms with Crippen LogP contribution in [-0.4, -0.2) is 37.5 Å². The van der Waals surface area contributed by atoms with Crippen molar-refractivity contribution in [3.63, 3.8) is 0 Å². The molecule has 0 spiro atoms. The second-order valence-corrected chi connectivity index (χ2v) is 5.67. The van der Waals surface area contributed by atoms with E-state index >= 15 is 0 Å². The van der Waals surface area contributed by atoms with Crippen molar-refractivity contribution in [2.75, 3.05) is 26.7 Å². The molecule has 0 unspecified atom stereocenters. The molecule has 2 rings (SSSR count). The fourth-order valence-electron chi connectivity index (χ4n) is 2.31. The lowest BCUT2D eigenvalue weighted by atomic mass is 9.86. The first-order valence-electron chi connectivity index (χ1n) is 7.50. The summed E-state index contributed by atoms with van der Waals surface area (Å²) in [6, 6.07) is 10.5. The van der Waals surface area contributed by atoms with Gasteiger partial charge in [-0.05, 0) is 31.4 Å². The van der Waals surface area contributed by atoms with Gasteiger partial charge in [-0.25, -0.2) is 0 Å². The number of nitrogens with zero attached hydrogens (tertiary/aromatic N) is 2. The van der Waals surface area contributed by atoms with E-state index in [-0.39, 0.29) is 0 Å². The molecule has 0 bridgehead atoms. The molecule has 0 amide bonds. The Morgan fingerprint density at radius 3 is 2.75 bits per heavy atom. The van der Waals surface area contributed by atoms with Crippen molar-refractivity contribution in [2.45, 2.75) is 25.8 Å². The average Bonchev–Trinajstić information content (AvgIpc) is 2.38. The van der Waals surface area contributed by atoms with E-state index in [2.05, 4.69) is 46.5 Å². The predicted molar refractivity (Wildman–Crippen MR) is 84.6 cm³/mol. The molecule has 1 saturated carbocycles. The van der Waals surface area contributed by atoms with Gasteiger partial charge in [-0.2, -0.15) is 0 Å². The summed E-state index contributed by atoms with van der Waals surface area (Å²) in [6.07, 6.45) is 3.99. The highest BCUT2D eigenvalue weighted by Crippen LogP contribution is 2.26. The van der Waals surface area contributed by atoms with Crippen molar-refractivity contribution in [3.8, 4) is 0 Å². The first-order chi connectivity index (χ1) is 9.74. The van der Waals surface area contributed by atoms with Crippen LogP contribution in [-0.2, 0) is 6.54 Å². The summed E-state index contributed by atoms with van der Waals surface area (Å²) in [7, 11) is 2.12. The number of rotatable bonds is 7. The fourth-order valence-corrected chi connectivity index (χ4v) is 2.31. The summed E-state index contributed by atoms with van der Waals surface area (Å²) >= 11 is 0. The van der Waals surface area contributed by atoms with Gasteiger partial charge in [-0.1, -0.05) is 36.8 Å². The molecule has 0 radical (unpaired) electrons. The van der Waals surface area contributed by atoms with Gasteiger partial charge in [-0.3, -0.25) is 4.99 Å². The molecule has 1 aromatic carbocycles.